The zero-order valence-corrected chi connectivity index (χ0v) is 36.2. The van der Waals surface area contributed by atoms with Gasteiger partial charge in [-0.3, -0.25) is 14.5 Å². The average Bonchev–Trinajstić information content (AvgIpc) is 3.92. The van der Waals surface area contributed by atoms with Crippen LogP contribution in [0.5, 0.6) is 5.75 Å². The number of likely N-dealkylation sites (N-methyl/N-ethyl adjacent to an activating group) is 1. The Balaban J connectivity index is 1.36. The Morgan fingerprint density at radius 3 is 2.48 bits per heavy atom. The van der Waals surface area contributed by atoms with Gasteiger partial charge in [0.1, 0.15) is 11.2 Å². The summed E-state index contributed by atoms with van der Waals surface area (Å²) in [6, 6.07) is 10.9. The second-order valence-electron chi connectivity index (χ2n) is 18.4. The number of ether oxygens (including phenoxy) is 4. The number of rotatable bonds is 8. The minimum absolute atomic E-state index is 0.107. The monoisotopic (exact) mass is 835 g/mol. The number of benzene rings is 2. The van der Waals surface area contributed by atoms with Gasteiger partial charge in [0.05, 0.1) is 32.9 Å². The third-order valence-electron chi connectivity index (χ3n) is 15.9. The van der Waals surface area contributed by atoms with Crippen molar-refractivity contribution in [1.29, 1.82) is 0 Å². The second-order valence-corrected chi connectivity index (χ2v) is 18.4. The number of para-hydroxylation sites is 1. The number of aromatic nitrogens is 1. The Bertz CT molecular complexity index is 2390. The molecule has 2 aromatic carbocycles. The SMILES string of the molecule is CC[C@@]1(N=[N+]=[N-])C[C@@H]2CN(CCc3c([nH]c4ccccc34)[C@@](C(=O)OC)(c3cc4c(cc3OC)N(C)[C@H]3[C@@](O)(C(=O)OC)[C@H](OC(C)=O)[C@]5(CC)C=CCN6CC[C@]43[C@@H]65)C2)C1. The molecule has 3 fully saturated rings. The molecule has 15 nitrogen and oxygen atoms in total. The van der Waals surface area contributed by atoms with E-state index in [0.29, 0.717) is 82.6 Å². The second kappa shape index (κ2) is 14.5. The van der Waals surface area contributed by atoms with Crippen LogP contribution in [-0.2, 0) is 45.8 Å². The fraction of sp³-hybridized carbons (Fsp3) is 0.587. The number of piperidine rings is 1. The number of H-pyrrole nitrogens is 1. The third-order valence-corrected chi connectivity index (χ3v) is 15.9. The molecule has 0 radical (unpaired) electrons. The molecule has 2 N–H and O–H groups in total. The van der Waals surface area contributed by atoms with Crippen LogP contribution in [0.3, 0.4) is 0 Å². The molecule has 2 bridgehead atoms. The summed E-state index contributed by atoms with van der Waals surface area (Å²) in [5, 5.41) is 18.8. The summed E-state index contributed by atoms with van der Waals surface area (Å²) in [4.78, 5) is 56.7. The molecule has 1 unspecified atom stereocenters. The predicted octanol–water partition coefficient (Wildman–Crippen LogP) is 5.31. The number of carbonyl (C=O) groups excluding carboxylic acids is 3. The Kier molecular flexibility index (Phi) is 9.82. The Morgan fingerprint density at radius 2 is 1.79 bits per heavy atom. The molecule has 1 aromatic heterocycles. The first kappa shape index (κ1) is 41.3. The minimum Gasteiger partial charge on any atom is -0.496 e. The first-order valence-corrected chi connectivity index (χ1v) is 21.6. The van der Waals surface area contributed by atoms with Gasteiger partial charge in [-0.25, -0.2) is 4.79 Å². The van der Waals surface area contributed by atoms with Crippen molar-refractivity contribution < 1.29 is 38.4 Å². The van der Waals surface area contributed by atoms with Gasteiger partial charge >= 0.3 is 17.9 Å². The zero-order valence-electron chi connectivity index (χ0n) is 36.2. The molecule has 324 valence electrons. The number of anilines is 1. The molecule has 61 heavy (non-hydrogen) atoms. The average molecular weight is 836 g/mol. The molecule has 1 saturated carbocycles. The molecule has 3 aromatic rings. The summed E-state index contributed by atoms with van der Waals surface area (Å²) in [5.41, 5.74) is 8.33. The molecule has 0 amide bonds. The van der Waals surface area contributed by atoms with Crippen LogP contribution >= 0.6 is 0 Å². The van der Waals surface area contributed by atoms with Gasteiger partial charge in [0.2, 0.25) is 5.60 Å². The number of nitrogens with zero attached hydrogens (tertiary/aromatic N) is 6. The topological polar surface area (TPSA) is 183 Å². The van der Waals surface area contributed by atoms with Crippen molar-refractivity contribution in [2.45, 2.75) is 99.5 Å². The van der Waals surface area contributed by atoms with Crippen LogP contribution in [0, 0.1) is 11.3 Å². The Labute approximate surface area is 355 Å². The van der Waals surface area contributed by atoms with Crippen LogP contribution in [0.25, 0.3) is 21.3 Å². The number of hydrogen-bond donors (Lipinski definition) is 2. The van der Waals surface area contributed by atoms with E-state index in [9.17, 15) is 20.2 Å². The minimum atomic E-state index is -2.31. The van der Waals surface area contributed by atoms with E-state index in [-0.39, 0.29) is 12.0 Å². The van der Waals surface area contributed by atoms with Crippen molar-refractivity contribution in [3.8, 4) is 5.75 Å². The van der Waals surface area contributed by atoms with Crippen LogP contribution in [0.15, 0.2) is 53.7 Å². The highest BCUT2D eigenvalue weighted by Crippen LogP contribution is 2.68. The lowest BCUT2D eigenvalue weighted by Crippen LogP contribution is -2.81. The number of methoxy groups -OCH3 is 3. The van der Waals surface area contributed by atoms with Gasteiger partial charge in [0.25, 0.3) is 0 Å². The van der Waals surface area contributed by atoms with Gasteiger partial charge in [0, 0.05) is 95.8 Å². The smallest absolute Gasteiger partial charge is 0.344 e. The van der Waals surface area contributed by atoms with Gasteiger partial charge in [0.15, 0.2) is 6.10 Å². The van der Waals surface area contributed by atoms with E-state index >= 15 is 4.79 Å². The number of hydrogen-bond acceptors (Lipinski definition) is 12. The van der Waals surface area contributed by atoms with Crippen LogP contribution in [-0.4, -0.2) is 128 Å². The number of azide groups is 1. The van der Waals surface area contributed by atoms with Gasteiger partial charge in [-0.05, 0) is 79.8 Å². The molecular weight excluding hydrogens is 779 g/mol. The summed E-state index contributed by atoms with van der Waals surface area (Å²) in [7, 11) is 6.13. The van der Waals surface area contributed by atoms with E-state index in [2.05, 4.69) is 43.9 Å². The molecule has 9 rings (SSSR count). The molecular formula is C46H57N7O8. The maximum Gasteiger partial charge on any atom is 0.344 e. The van der Waals surface area contributed by atoms with Crippen LogP contribution in [0.4, 0.5) is 5.69 Å². The highest BCUT2D eigenvalue weighted by Gasteiger charge is 2.80. The fourth-order valence-electron chi connectivity index (χ4n) is 13.7. The number of esters is 3. The molecule has 10 atom stereocenters. The fourth-order valence-corrected chi connectivity index (χ4v) is 13.7. The summed E-state index contributed by atoms with van der Waals surface area (Å²) >= 11 is 0. The van der Waals surface area contributed by atoms with E-state index in [1.807, 2.05) is 55.3 Å². The highest BCUT2D eigenvalue weighted by atomic mass is 16.6. The van der Waals surface area contributed by atoms with Crippen LogP contribution < -0.4 is 9.64 Å². The molecule has 15 heteroatoms. The molecule has 1 aliphatic carbocycles. The number of nitrogens with one attached hydrogen (secondary N) is 1. The van der Waals surface area contributed by atoms with Gasteiger partial charge in [-0.15, -0.1) is 0 Å². The summed E-state index contributed by atoms with van der Waals surface area (Å²) < 4.78 is 24.0. The quantitative estimate of drug-likeness (QED) is 0.0750. The maximum atomic E-state index is 15.4. The first-order valence-electron chi connectivity index (χ1n) is 21.6. The maximum absolute atomic E-state index is 15.4. The number of carbonyl (C=O) groups is 3. The summed E-state index contributed by atoms with van der Waals surface area (Å²) in [6.45, 7) is 8.66. The predicted molar refractivity (Wildman–Crippen MR) is 227 cm³/mol. The van der Waals surface area contributed by atoms with Crippen LogP contribution in [0.1, 0.15) is 75.3 Å². The molecule has 1 spiro atoms. The lowest BCUT2D eigenvalue weighted by atomic mass is 9.47. The van der Waals surface area contributed by atoms with Crippen molar-refractivity contribution in [3.05, 3.63) is 81.4 Å². The van der Waals surface area contributed by atoms with Crippen molar-refractivity contribution in [2.75, 3.05) is 66.0 Å². The van der Waals surface area contributed by atoms with E-state index < -0.39 is 57.4 Å². The molecule has 6 aliphatic rings. The van der Waals surface area contributed by atoms with E-state index in [1.165, 1.54) is 21.1 Å². The first-order chi connectivity index (χ1) is 29.3. The van der Waals surface area contributed by atoms with Gasteiger partial charge < -0.3 is 38.8 Å². The van der Waals surface area contributed by atoms with Crippen molar-refractivity contribution in [1.82, 2.24) is 14.8 Å². The van der Waals surface area contributed by atoms with Gasteiger partial charge in [-0.2, -0.15) is 0 Å². The molecule has 2 saturated heterocycles. The Hall–Kier alpha value is -5.08. The van der Waals surface area contributed by atoms with Crippen molar-refractivity contribution >= 4 is 34.5 Å². The van der Waals surface area contributed by atoms with E-state index in [1.54, 1.807) is 7.11 Å². The summed E-state index contributed by atoms with van der Waals surface area (Å²) in [5.74, 6) is -1.61. The normalized spacial score (nSPS) is 35.9. The zero-order chi connectivity index (χ0) is 43.3. The van der Waals surface area contributed by atoms with Gasteiger partial charge in [-0.1, -0.05) is 49.3 Å². The summed E-state index contributed by atoms with van der Waals surface area (Å²) in [6.07, 6.45) is 5.99. The Morgan fingerprint density at radius 1 is 1.02 bits per heavy atom. The third kappa shape index (κ3) is 5.39. The number of fused-ring (bicyclic) bond motifs is 6. The standard InChI is InChI=1S/C46H57N7O8/c1-8-42(49-50-47)23-28-24-45(40(55)59-6,36-30(15-19-52(25-28)26-42)29-13-10-11-14-33(29)48-36)32-21-31-34(22-35(32)58-5)51(4)38-44(31)17-20-53-18-12-16-43(9-2,37(44)53)39(61-27(3)54)46(38,57)41(56)60-7/h10-14,16,21-22,28,37-39,48,57H,8-9,15,17-20,23-26H2,1-7H3/t28-,37-,38+,39+,42+,43+,44+,45-,46-/m0/s1. The largest absolute Gasteiger partial charge is 0.496 e. The number of aromatic amines is 1. The van der Waals surface area contributed by atoms with E-state index in [4.69, 9.17) is 18.9 Å². The van der Waals surface area contributed by atoms with Crippen LogP contribution in [0.2, 0.25) is 0 Å². The lowest BCUT2D eigenvalue weighted by Gasteiger charge is -2.63. The van der Waals surface area contributed by atoms with Crippen molar-refractivity contribution in [2.24, 2.45) is 16.4 Å². The number of aliphatic hydroxyl groups is 1. The lowest BCUT2D eigenvalue weighted by molar-refractivity contribution is -0.228. The van der Waals surface area contributed by atoms with E-state index in [0.717, 1.165) is 33.4 Å². The highest BCUT2D eigenvalue weighted by molar-refractivity contribution is 5.95. The molecule has 5 aliphatic heterocycles. The molecule has 6 heterocycles. The van der Waals surface area contributed by atoms with Crippen molar-refractivity contribution in [3.63, 3.8) is 0 Å².